The zero-order valence-corrected chi connectivity index (χ0v) is 15.6. The van der Waals surface area contributed by atoms with E-state index in [-0.39, 0.29) is 0 Å². The predicted molar refractivity (Wildman–Crippen MR) is 100 cm³/mol. The Hall–Kier alpha value is -0.800. The number of hydrogen-bond acceptors (Lipinski definition) is 3. The van der Waals surface area contributed by atoms with Gasteiger partial charge in [0.15, 0.2) is 0 Å². The van der Waals surface area contributed by atoms with Gasteiger partial charge in [-0.25, -0.2) is 0 Å². The van der Waals surface area contributed by atoms with Crippen molar-refractivity contribution in [2.45, 2.75) is 82.4 Å². The lowest BCUT2D eigenvalue weighted by Crippen LogP contribution is -1.94. The van der Waals surface area contributed by atoms with Crippen LogP contribution in [0, 0.1) is 0 Å². The molecular formula is C20H32O2S. The highest BCUT2D eigenvalue weighted by atomic mass is 32.2. The maximum atomic E-state index is 11.2. The number of benzene rings is 1. The molecule has 1 rings (SSSR count). The Morgan fingerprint density at radius 2 is 1.57 bits per heavy atom. The molecule has 0 heterocycles. The van der Waals surface area contributed by atoms with E-state index in [4.69, 9.17) is 4.18 Å². The van der Waals surface area contributed by atoms with E-state index in [0.717, 1.165) is 23.2 Å². The summed E-state index contributed by atoms with van der Waals surface area (Å²) >= 11 is 1.30. The number of unbranched alkanes of at least 4 members (excludes halogenated alkanes) is 9. The van der Waals surface area contributed by atoms with Crippen molar-refractivity contribution in [3.8, 4) is 0 Å². The van der Waals surface area contributed by atoms with Gasteiger partial charge in [-0.05, 0) is 30.5 Å². The number of hydrogen-bond donors (Lipinski definition) is 0. The first kappa shape index (κ1) is 20.2. The van der Waals surface area contributed by atoms with Crippen molar-refractivity contribution in [2.24, 2.45) is 0 Å². The molecule has 23 heavy (non-hydrogen) atoms. The molecular weight excluding hydrogens is 304 g/mol. The molecule has 0 amide bonds. The van der Waals surface area contributed by atoms with Gasteiger partial charge >= 0.3 is 0 Å². The molecule has 0 saturated carbocycles. The van der Waals surface area contributed by atoms with Gasteiger partial charge in [0.05, 0.1) is 7.11 Å². The largest absolute Gasteiger partial charge is 0.314 e. The van der Waals surface area contributed by atoms with E-state index >= 15 is 0 Å². The maximum absolute atomic E-state index is 11.2. The van der Waals surface area contributed by atoms with Crippen LogP contribution in [0.25, 0.3) is 0 Å². The molecule has 0 aliphatic carbocycles. The van der Waals surface area contributed by atoms with Crippen molar-refractivity contribution in [3.63, 3.8) is 0 Å². The number of carbonyl (C=O) groups excluding carboxylic acids is 1. The van der Waals surface area contributed by atoms with Gasteiger partial charge in [0.25, 0.3) is 0 Å². The Morgan fingerprint density at radius 3 is 2.13 bits per heavy atom. The van der Waals surface area contributed by atoms with Crippen LogP contribution in [0.4, 0.5) is 0 Å². The molecule has 0 aromatic heterocycles. The molecule has 130 valence electrons. The second-order valence-corrected chi connectivity index (χ2v) is 7.13. The quantitative estimate of drug-likeness (QED) is 0.217. The average Bonchev–Trinajstić information content (AvgIpc) is 2.57. The van der Waals surface area contributed by atoms with Gasteiger partial charge < -0.3 is 4.18 Å². The molecule has 0 aliphatic heterocycles. The fraction of sp³-hybridized carbons (Fsp3) is 0.650. The van der Waals surface area contributed by atoms with Gasteiger partial charge in [0.1, 0.15) is 6.29 Å². The first-order valence-corrected chi connectivity index (χ1v) is 9.84. The SMILES string of the molecule is CCCCCCCCCCCCc1ccc(SOC)cc1C=O. The molecule has 3 heteroatoms. The van der Waals surface area contributed by atoms with Crippen LogP contribution in [0.15, 0.2) is 23.1 Å². The number of rotatable bonds is 14. The summed E-state index contributed by atoms with van der Waals surface area (Å²) in [6, 6.07) is 6.03. The second-order valence-electron chi connectivity index (χ2n) is 6.16. The van der Waals surface area contributed by atoms with E-state index in [9.17, 15) is 4.79 Å². The first-order chi connectivity index (χ1) is 11.3. The lowest BCUT2D eigenvalue weighted by Gasteiger charge is -2.07. The van der Waals surface area contributed by atoms with Crippen LogP contribution >= 0.6 is 12.0 Å². The molecule has 2 nitrogen and oxygen atoms in total. The number of aryl methyl sites for hydroxylation is 1. The summed E-state index contributed by atoms with van der Waals surface area (Å²) in [4.78, 5) is 12.2. The van der Waals surface area contributed by atoms with E-state index in [1.165, 1.54) is 81.8 Å². The molecule has 0 saturated heterocycles. The maximum Gasteiger partial charge on any atom is 0.150 e. The molecule has 1 aromatic carbocycles. The fourth-order valence-corrected chi connectivity index (χ4v) is 3.35. The third-order valence-corrected chi connectivity index (χ3v) is 4.84. The summed E-state index contributed by atoms with van der Waals surface area (Å²) in [5, 5.41) is 0. The Balaban J connectivity index is 2.14. The molecule has 1 aromatic rings. The fourth-order valence-electron chi connectivity index (χ4n) is 2.86. The summed E-state index contributed by atoms with van der Waals surface area (Å²) in [5.41, 5.74) is 1.97. The van der Waals surface area contributed by atoms with Crippen LogP contribution in [0.1, 0.15) is 87.1 Å². The summed E-state index contributed by atoms with van der Waals surface area (Å²) < 4.78 is 5.03. The summed E-state index contributed by atoms with van der Waals surface area (Å²) in [7, 11) is 1.64. The summed E-state index contributed by atoms with van der Waals surface area (Å²) in [6.45, 7) is 2.26. The highest BCUT2D eigenvalue weighted by Crippen LogP contribution is 2.22. The van der Waals surface area contributed by atoms with E-state index in [1.54, 1.807) is 7.11 Å². The van der Waals surface area contributed by atoms with Crippen LogP contribution in [0.5, 0.6) is 0 Å². The van der Waals surface area contributed by atoms with Crippen LogP contribution in [-0.2, 0) is 10.6 Å². The lowest BCUT2D eigenvalue weighted by molar-refractivity contribution is 0.112. The van der Waals surface area contributed by atoms with Crippen molar-refractivity contribution >= 4 is 18.3 Å². The van der Waals surface area contributed by atoms with Gasteiger partial charge in [-0.2, -0.15) is 0 Å². The minimum Gasteiger partial charge on any atom is -0.314 e. The van der Waals surface area contributed by atoms with Gasteiger partial charge in [0.2, 0.25) is 0 Å². The molecule has 0 spiro atoms. The van der Waals surface area contributed by atoms with Gasteiger partial charge in [-0.1, -0.05) is 70.8 Å². The molecule has 0 bridgehead atoms. The monoisotopic (exact) mass is 336 g/mol. The molecule has 0 atom stereocenters. The van der Waals surface area contributed by atoms with E-state index in [2.05, 4.69) is 13.0 Å². The van der Waals surface area contributed by atoms with Crippen molar-refractivity contribution in [1.82, 2.24) is 0 Å². The van der Waals surface area contributed by atoms with Crippen LogP contribution < -0.4 is 0 Å². The van der Waals surface area contributed by atoms with Crippen LogP contribution in [0.2, 0.25) is 0 Å². The predicted octanol–water partition coefficient (Wildman–Crippen LogP) is 6.62. The summed E-state index contributed by atoms with van der Waals surface area (Å²) in [6.07, 6.45) is 15.4. The zero-order valence-electron chi connectivity index (χ0n) is 14.8. The van der Waals surface area contributed by atoms with Gasteiger partial charge in [-0.3, -0.25) is 4.79 Å². The molecule has 0 radical (unpaired) electrons. The first-order valence-electron chi connectivity index (χ1n) is 9.10. The standard InChI is InChI=1S/C20H32O2S/c1-3-4-5-6-7-8-9-10-11-12-13-18-14-15-20(23-22-2)16-19(18)17-21/h14-17H,3-13H2,1-2H3. The normalized spacial score (nSPS) is 10.9. The molecule has 0 aliphatic rings. The molecule has 0 N–H and O–H groups in total. The van der Waals surface area contributed by atoms with Crippen molar-refractivity contribution in [1.29, 1.82) is 0 Å². The number of aldehydes is 1. The van der Waals surface area contributed by atoms with E-state index in [0.29, 0.717) is 0 Å². The average molecular weight is 337 g/mol. The Kier molecular flexibility index (Phi) is 12.0. The third-order valence-electron chi connectivity index (χ3n) is 4.22. The lowest BCUT2D eigenvalue weighted by atomic mass is 10.0. The smallest absolute Gasteiger partial charge is 0.150 e. The molecule has 0 unspecified atom stereocenters. The number of carbonyl (C=O) groups is 1. The highest BCUT2D eigenvalue weighted by Gasteiger charge is 2.04. The van der Waals surface area contributed by atoms with Crippen molar-refractivity contribution in [2.75, 3.05) is 7.11 Å². The molecule has 0 fully saturated rings. The minimum atomic E-state index is 0.808. The summed E-state index contributed by atoms with van der Waals surface area (Å²) in [5.74, 6) is 0. The Morgan fingerprint density at radius 1 is 0.957 bits per heavy atom. The topological polar surface area (TPSA) is 26.3 Å². The van der Waals surface area contributed by atoms with Crippen molar-refractivity contribution in [3.05, 3.63) is 29.3 Å². The Bertz CT molecular complexity index is 432. The minimum absolute atomic E-state index is 0.808. The third kappa shape index (κ3) is 9.17. The van der Waals surface area contributed by atoms with Gasteiger partial charge in [-0.15, -0.1) is 0 Å². The Labute approximate surface area is 146 Å². The van der Waals surface area contributed by atoms with Crippen LogP contribution in [-0.4, -0.2) is 13.4 Å². The van der Waals surface area contributed by atoms with Crippen LogP contribution in [0.3, 0.4) is 0 Å². The second kappa shape index (κ2) is 13.6. The highest BCUT2D eigenvalue weighted by molar-refractivity contribution is 7.94. The van der Waals surface area contributed by atoms with E-state index in [1.807, 2.05) is 12.1 Å². The van der Waals surface area contributed by atoms with E-state index < -0.39 is 0 Å². The van der Waals surface area contributed by atoms with Crippen molar-refractivity contribution < 1.29 is 8.98 Å². The zero-order chi connectivity index (χ0) is 16.8. The van der Waals surface area contributed by atoms with Gasteiger partial charge in [0, 0.05) is 22.5 Å².